The van der Waals surface area contributed by atoms with Gasteiger partial charge in [-0.15, -0.1) is 11.3 Å². The van der Waals surface area contributed by atoms with Crippen LogP contribution in [0.3, 0.4) is 0 Å². The molecule has 0 saturated heterocycles. The van der Waals surface area contributed by atoms with Gasteiger partial charge < -0.3 is 5.32 Å². The van der Waals surface area contributed by atoms with Gasteiger partial charge in [-0.3, -0.25) is 0 Å². The first-order valence-electron chi connectivity index (χ1n) is 6.02. The van der Waals surface area contributed by atoms with Crippen molar-refractivity contribution < 1.29 is 0 Å². The van der Waals surface area contributed by atoms with Crippen LogP contribution in [-0.4, -0.2) is 6.54 Å². The second-order valence-electron chi connectivity index (χ2n) is 4.93. The highest BCUT2D eigenvalue weighted by Crippen LogP contribution is 2.30. The first-order valence-corrected chi connectivity index (χ1v) is 6.90. The summed E-state index contributed by atoms with van der Waals surface area (Å²) in [6.45, 7) is 5.84. The Morgan fingerprint density at radius 3 is 3.00 bits per heavy atom. The van der Waals surface area contributed by atoms with E-state index in [9.17, 15) is 0 Å². The highest BCUT2D eigenvalue weighted by molar-refractivity contribution is 7.10. The Labute approximate surface area is 96.9 Å². The molecule has 1 N–H and O–H groups in total. The van der Waals surface area contributed by atoms with Crippen molar-refractivity contribution in [1.29, 1.82) is 0 Å². The van der Waals surface area contributed by atoms with Gasteiger partial charge in [0.1, 0.15) is 0 Å². The molecule has 0 radical (unpaired) electrons. The van der Waals surface area contributed by atoms with Crippen molar-refractivity contribution in [3.8, 4) is 0 Å². The lowest BCUT2D eigenvalue weighted by Crippen LogP contribution is -2.24. The van der Waals surface area contributed by atoms with E-state index < -0.39 is 0 Å². The lowest BCUT2D eigenvalue weighted by atomic mass is 10.1. The summed E-state index contributed by atoms with van der Waals surface area (Å²) in [4.78, 5) is 1.46. The Kier molecular flexibility index (Phi) is 3.81. The smallest absolute Gasteiger partial charge is 0.0386 e. The molecule has 0 spiro atoms. The minimum atomic E-state index is 0.529. The maximum Gasteiger partial charge on any atom is 0.0386 e. The van der Waals surface area contributed by atoms with Crippen LogP contribution in [-0.2, 0) is 0 Å². The van der Waals surface area contributed by atoms with Crippen molar-refractivity contribution in [2.24, 2.45) is 11.8 Å². The van der Waals surface area contributed by atoms with E-state index in [0.717, 1.165) is 11.8 Å². The molecule has 0 aliphatic heterocycles. The molecule has 2 heteroatoms. The molecule has 1 saturated carbocycles. The molecule has 1 aromatic rings. The average Bonchev–Trinajstić information content (AvgIpc) is 2.84. The van der Waals surface area contributed by atoms with E-state index in [1.165, 1.54) is 30.7 Å². The molecule has 1 nitrogen and oxygen atoms in total. The van der Waals surface area contributed by atoms with Crippen molar-refractivity contribution in [3.05, 3.63) is 22.4 Å². The minimum absolute atomic E-state index is 0.529. The van der Waals surface area contributed by atoms with Crippen LogP contribution in [0.5, 0.6) is 0 Å². The van der Waals surface area contributed by atoms with Gasteiger partial charge in [0, 0.05) is 10.9 Å². The molecular weight excluding hydrogens is 202 g/mol. The van der Waals surface area contributed by atoms with Crippen molar-refractivity contribution in [2.45, 2.75) is 39.2 Å². The van der Waals surface area contributed by atoms with Crippen LogP contribution in [0.4, 0.5) is 0 Å². The highest BCUT2D eigenvalue weighted by Gasteiger charge is 2.21. The van der Waals surface area contributed by atoms with E-state index in [-0.39, 0.29) is 0 Å². The average molecular weight is 223 g/mol. The monoisotopic (exact) mass is 223 g/mol. The van der Waals surface area contributed by atoms with Gasteiger partial charge in [0.05, 0.1) is 0 Å². The molecule has 15 heavy (non-hydrogen) atoms. The molecule has 0 aromatic carbocycles. The van der Waals surface area contributed by atoms with Crippen LogP contribution >= 0.6 is 11.3 Å². The number of rotatable bonds is 4. The molecule has 1 aromatic heterocycles. The molecular formula is C13H21NS. The summed E-state index contributed by atoms with van der Waals surface area (Å²) in [7, 11) is 0. The zero-order chi connectivity index (χ0) is 10.7. The van der Waals surface area contributed by atoms with Gasteiger partial charge in [-0.1, -0.05) is 19.4 Å². The number of nitrogens with one attached hydrogen (secondary N) is 1. The Bertz CT molecular complexity index is 281. The molecule has 3 atom stereocenters. The minimum Gasteiger partial charge on any atom is -0.309 e. The summed E-state index contributed by atoms with van der Waals surface area (Å²) in [6, 6.07) is 4.89. The third-order valence-electron chi connectivity index (χ3n) is 3.49. The number of hydrogen-bond donors (Lipinski definition) is 1. The van der Waals surface area contributed by atoms with E-state index in [0.29, 0.717) is 6.04 Å². The summed E-state index contributed by atoms with van der Waals surface area (Å²) in [6.07, 6.45) is 4.27. The van der Waals surface area contributed by atoms with Gasteiger partial charge in [-0.25, -0.2) is 0 Å². The Hall–Kier alpha value is -0.340. The van der Waals surface area contributed by atoms with Gasteiger partial charge in [0.25, 0.3) is 0 Å². The fourth-order valence-corrected chi connectivity index (χ4v) is 3.25. The van der Waals surface area contributed by atoms with Gasteiger partial charge in [0.2, 0.25) is 0 Å². The zero-order valence-corrected chi connectivity index (χ0v) is 10.5. The predicted octanol–water partition coefficient (Wildman–Crippen LogP) is 3.83. The second kappa shape index (κ2) is 5.13. The lowest BCUT2D eigenvalue weighted by molar-refractivity contribution is 0.442. The molecule has 0 amide bonds. The van der Waals surface area contributed by atoms with Gasteiger partial charge >= 0.3 is 0 Å². The second-order valence-corrected chi connectivity index (χ2v) is 5.91. The van der Waals surface area contributed by atoms with Crippen molar-refractivity contribution >= 4 is 11.3 Å². The highest BCUT2D eigenvalue weighted by atomic mass is 32.1. The van der Waals surface area contributed by atoms with Crippen LogP contribution in [0.1, 0.15) is 44.0 Å². The fourth-order valence-electron chi connectivity index (χ4n) is 2.49. The normalized spacial score (nSPS) is 28.1. The van der Waals surface area contributed by atoms with E-state index in [1.54, 1.807) is 0 Å². The summed E-state index contributed by atoms with van der Waals surface area (Å²) in [5, 5.41) is 5.82. The summed E-state index contributed by atoms with van der Waals surface area (Å²) in [5.74, 6) is 1.87. The van der Waals surface area contributed by atoms with E-state index in [4.69, 9.17) is 0 Å². The van der Waals surface area contributed by atoms with Gasteiger partial charge in [-0.05, 0) is 49.6 Å². The fraction of sp³-hybridized carbons (Fsp3) is 0.692. The summed E-state index contributed by atoms with van der Waals surface area (Å²) < 4.78 is 0. The zero-order valence-electron chi connectivity index (χ0n) is 9.70. The predicted molar refractivity (Wildman–Crippen MR) is 67.2 cm³/mol. The SMILES string of the molecule is CC1CCC(CNC(C)c2cccs2)C1. The Morgan fingerprint density at radius 2 is 2.40 bits per heavy atom. The molecule has 1 fully saturated rings. The maximum atomic E-state index is 3.66. The van der Waals surface area contributed by atoms with Crippen LogP contribution in [0.25, 0.3) is 0 Å². The largest absolute Gasteiger partial charge is 0.309 e. The van der Waals surface area contributed by atoms with Crippen molar-refractivity contribution in [2.75, 3.05) is 6.54 Å². The number of thiophene rings is 1. The first kappa shape index (κ1) is 11.2. The molecule has 1 heterocycles. The van der Waals surface area contributed by atoms with Crippen LogP contribution < -0.4 is 5.32 Å². The standard InChI is InChI=1S/C13H21NS/c1-10-5-6-12(8-10)9-14-11(2)13-4-3-7-15-13/h3-4,7,10-12,14H,5-6,8-9H2,1-2H3. The Balaban J connectivity index is 1.74. The maximum absolute atomic E-state index is 3.66. The quantitative estimate of drug-likeness (QED) is 0.818. The van der Waals surface area contributed by atoms with E-state index >= 15 is 0 Å². The molecule has 1 aliphatic rings. The molecule has 84 valence electrons. The summed E-state index contributed by atoms with van der Waals surface area (Å²) >= 11 is 1.85. The molecule has 3 unspecified atom stereocenters. The van der Waals surface area contributed by atoms with Gasteiger partial charge in [0.15, 0.2) is 0 Å². The molecule has 0 bridgehead atoms. The molecule has 2 rings (SSSR count). The van der Waals surface area contributed by atoms with Gasteiger partial charge in [-0.2, -0.15) is 0 Å². The van der Waals surface area contributed by atoms with Crippen LogP contribution in [0, 0.1) is 11.8 Å². The number of hydrogen-bond acceptors (Lipinski definition) is 2. The lowest BCUT2D eigenvalue weighted by Gasteiger charge is -2.16. The Morgan fingerprint density at radius 1 is 1.53 bits per heavy atom. The van der Waals surface area contributed by atoms with E-state index in [1.807, 2.05) is 11.3 Å². The first-order chi connectivity index (χ1) is 7.25. The van der Waals surface area contributed by atoms with Crippen LogP contribution in [0.2, 0.25) is 0 Å². The third kappa shape index (κ3) is 3.05. The van der Waals surface area contributed by atoms with Crippen molar-refractivity contribution in [3.63, 3.8) is 0 Å². The molecule has 1 aliphatic carbocycles. The van der Waals surface area contributed by atoms with Crippen molar-refractivity contribution in [1.82, 2.24) is 5.32 Å². The summed E-state index contributed by atoms with van der Waals surface area (Å²) in [5.41, 5.74) is 0. The topological polar surface area (TPSA) is 12.0 Å². The van der Waals surface area contributed by atoms with E-state index in [2.05, 4.69) is 36.7 Å². The van der Waals surface area contributed by atoms with Crippen LogP contribution in [0.15, 0.2) is 17.5 Å². The third-order valence-corrected chi connectivity index (χ3v) is 4.54.